The Kier molecular flexibility index (Phi) is 6.97. The van der Waals surface area contributed by atoms with Gasteiger partial charge in [0.05, 0.1) is 0 Å². The molecule has 0 spiro atoms. The number of rotatable bonds is 3. The lowest BCUT2D eigenvalue weighted by Gasteiger charge is -2.08. The molecule has 0 aromatic heterocycles. The van der Waals surface area contributed by atoms with Crippen LogP contribution in [-0.2, 0) is 16.0 Å². The molecule has 0 fully saturated rings. The van der Waals surface area contributed by atoms with Gasteiger partial charge in [0, 0.05) is 20.6 Å². The van der Waals surface area contributed by atoms with Gasteiger partial charge < -0.3 is 14.3 Å². The van der Waals surface area contributed by atoms with E-state index in [2.05, 4.69) is 9.47 Å². The third kappa shape index (κ3) is 8.27. The van der Waals surface area contributed by atoms with Gasteiger partial charge in [0.2, 0.25) is 0 Å². The molecule has 0 saturated carbocycles. The van der Waals surface area contributed by atoms with Crippen molar-refractivity contribution in [2.75, 3.05) is 14.2 Å². The fraction of sp³-hybridized carbons (Fsp3) is 0.364. The van der Waals surface area contributed by atoms with Crippen molar-refractivity contribution in [2.24, 2.45) is 0 Å². The summed E-state index contributed by atoms with van der Waals surface area (Å²) >= 11 is 0. The van der Waals surface area contributed by atoms with Crippen LogP contribution in [-0.4, -0.2) is 26.9 Å². The minimum Gasteiger partial charge on any atom is -0.406 e. The van der Waals surface area contributed by atoms with E-state index in [0.29, 0.717) is 11.8 Å². The first-order chi connectivity index (χ1) is 7.92. The van der Waals surface area contributed by atoms with E-state index >= 15 is 0 Å². The Morgan fingerprint density at radius 3 is 2.00 bits per heavy atom. The van der Waals surface area contributed by atoms with Crippen LogP contribution in [0.15, 0.2) is 24.3 Å². The Hall–Kier alpha value is -1.56. The summed E-state index contributed by atoms with van der Waals surface area (Å²) in [5.41, 5.74) is 0.648. The molecule has 0 unspecified atom stereocenters. The maximum atomic E-state index is 11.7. The summed E-state index contributed by atoms with van der Waals surface area (Å²) in [6.45, 7) is 0. The number of methoxy groups -OCH3 is 1. The van der Waals surface area contributed by atoms with Gasteiger partial charge in [0.1, 0.15) is 12.0 Å². The molecule has 0 radical (unpaired) electrons. The predicted octanol–water partition coefficient (Wildman–Crippen LogP) is 2.59. The number of ether oxygens (including phenoxy) is 2. The van der Waals surface area contributed by atoms with Crippen LogP contribution in [0, 0.1) is 0 Å². The molecule has 0 saturated heterocycles. The fourth-order valence-corrected chi connectivity index (χ4v) is 0.923. The van der Waals surface area contributed by atoms with Crippen LogP contribution in [0.3, 0.4) is 0 Å². The standard InChI is InChI=1S/C9H7F3O2.C2H6O/c10-9(11,12)14-8-3-1-7(2-4-8)5-6-13;1-3-2/h1-4,6H,5H2;1-2H3. The van der Waals surface area contributed by atoms with Crippen molar-refractivity contribution in [3.05, 3.63) is 29.8 Å². The lowest BCUT2D eigenvalue weighted by molar-refractivity contribution is -0.274. The zero-order valence-electron chi connectivity index (χ0n) is 9.45. The average molecular weight is 250 g/mol. The molecule has 0 N–H and O–H groups in total. The highest BCUT2D eigenvalue weighted by Gasteiger charge is 2.30. The lowest BCUT2D eigenvalue weighted by atomic mass is 10.2. The zero-order valence-corrected chi connectivity index (χ0v) is 9.45. The van der Waals surface area contributed by atoms with Gasteiger partial charge in [0.25, 0.3) is 0 Å². The van der Waals surface area contributed by atoms with Crippen LogP contribution >= 0.6 is 0 Å². The quantitative estimate of drug-likeness (QED) is 0.773. The van der Waals surface area contributed by atoms with Gasteiger partial charge in [-0.05, 0) is 17.7 Å². The van der Waals surface area contributed by atoms with Gasteiger partial charge in [-0.2, -0.15) is 0 Å². The Morgan fingerprint density at radius 2 is 1.65 bits per heavy atom. The van der Waals surface area contributed by atoms with Crippen molar-refractivity contribution in [1.82, 2.24) is 0 Å². The van der Waals surface area contributed by atoms with E-state index in [0.717, 1.165) is 0 Å². The smallest absolute Gasteiger partial charge is 0.406 e. The number of halogens is 3. The fourth-order valence-electron chi connectivity index (χ4n) is 0.923. The third-order valence-electron chi connectivity index (χ3n) is 1.48. The number of carbonyl (C=O) groups is 1. The second-order valence-corrected chi connectivity index (χ2v) is 2.97. The van der Waals surface area contributed by atoms with Crippen molar-refractivity contribution >= 4 is 6.29 Å². The van der Waals surface area contributed by atoms with Crippen LogP contribution in [0.5, 0.6) is 5.75 Å². The number of aldehydes is 1. The number of hydrogen-bond donors (Lipinski definition) is 0. The second kappa shape index (κ2) is 7.67. The summed E-state index contributed by atoms with van der Waals surface area (Å²) < 4.78 is 43.0. The number of benzene rings is 1. The molecule has 6 heteroatoms. The normalized spacial score (nSPS) is 10.2. The van der Waals surface area contributed by atoms with E-state index in [1.165, 1.54) is 24.3 Å². The Morgan fingerprint density at radius 1 is 1.18 bits per heavy atom. The summed E-state index contributed by atoms with van der Waals surface area (Å²) in [6, 6.07) is 5.17. The van der Waals surface area contributed by atoms with E-state index in [9.17, 15) is 18.0 Å². The van der Waals surface area contributed by atoms with Gasteiger partial charge in [-0.15, -0.1) is 13.2 Å². The van der Waals surface area contributed by atoms with Gasteiger partial charge in [-0.1, -0.05) is 12.1 Å². The van der Waals surface area contributed by atoms with Crippen LogP contribution < -0.4 is 4.74 Å². The SMILES string of the molecule is COC.O=CCc1ccc(OC(F)(F)F)cc1. The molecule has 96 valence electrons. The maximum Gasteiger partial charge on any atom is 0.573 e. The minimum absolute atomic E-state index is 0.187. The second-order valence-electron chi connectivity index (χ2n) is 2.97. The number of carbonyl (C=O) groups excluding carboxylic acids is 1. The molecule has 17 heavy (non-hydrogen) atoms. The molecule has 0 heterocycles. The van der Waals surface area contributed by atoms with E-state index < -0.39 is 6.36 Å². The molecular formula is C11H13F3O3. The highest BCUT2D eigenvalue weighted by Crippen LogP contribution is 2.22. The molecular weight excluding hydrogens is 237 g/mol. The Balaban J connectivity index is 0.000000770. The largest absolute Gasteiger partial charge is 0.573 e. The summed E-state index contributed by atoms with van der Waals surface area (Å²) in [7, 11) is 3.25. The molecule has 0 aliphatic heterocycles. The highest BCUT2D eigenvalue weighted by molar-refractivity contribution is 5.55. The van der Waals surface area contributed by atoms with E-state index in [1.54, 1.807) is 14.2 Å². The first kappa shape index (κ1) is 15.4. The van der Waals surface area contributed by atoms with E-state index in [1.807, 2.05) is 0 Å². The van der Waals surface area contributed by atoms with Crippen LogP contribution in [0.2, 0.25) is 0 Å². The first-order valence-electron chi connectivity index (χ1n) is 4.61. The summed E-state index contributed by atoms with van der Waals surface area (Å²) in [6.07, 6.45) is -3.81. The third-order valence-corrected chi connectivity index (χ3v) is 1.48. The first-order valence-corrected chi connectivity index (χ1v) is 4.61. The van der Waals surface area contributed by atoms with Crippen LogP contribution in [0.25, 0.3) is 0 Å². The van der Waals surface area contributed by atoms with Crippen molar-refractivity contribution in [1.29, 1.82) is 0 Å². The van der Waals surface area contributed by atoms with Gasteiger partial charge in [-0.25, -0.2) is 0 Å². The van der Waals surface area contributed by atoms with Crippen molar-refractivity contribution in [3.8, 4) is 5.75 Å². The minimum atomic E-state index is -4.67. The van der Waals surface area contributed by atoms with Gasteiger partial charge >= 0.3 is 6.36 Å². The Bertz CT molecular complexity index is 320. The summed E-state index contributed by atoms with van der Waals surface area (Å²) in [5.74, 6) is -0.285. The number of alkyl halides is 3. The van der Waals surface area contributed by atoms with Crippen molar-refractivity contribution < 1.29 is 27.4 Å². The topological polar surface area (TPSA) is 35.5 Å². The molecule has 1 aromatic carbocycles. The number of hydrogen-bond acceptors (Lipinski definition) is 3. The van der Waals surface area contributed by atoms with E-state index in [-0.39, 0.29) is 12.2 Å². The average Bonchev–Trinajstić information content (AvgIpc) is 2.20. The summed E-state index contributed by atoms with van der Waals surface area (Å²) in [4.78, 5) is 10.1. The molecule has 3 nitrogen and oxygen atoms in total. The maximum absolute atomic E-state index is 11.7. The zero-order chi connectivity index (χ0) is 13.3. The van der Waals surface area contributed by atoms with Crippen LogP contribution in [0.1, 0.15) is 5.56 Å². The Labute approximate surface area is 97.1 Å². The molecule has 0 aliphatic rings. The predicted molar refractivity (Wildman–Crippen MR) is 55.8 cm³/mol. The monoisotopic (exact) mass is 250 g/mol. The lowest BCUT2D eigenvalue weighted by Crippen LogP contribution is -2.17. The van der Waals surface area contributed by atoms with Crippen LogP contribution in [0.4, 0.5) is 13.2 Å². The molecule has 0 bridgehead atoms. The molecule has 0 atom stereocenters. The van der Waals surface area contributed by atoms with Crippen molar-refractivity contribution in [2.45, 2.75) is 12.8 Å². The molecule has 1 rings (SSSR count). The van der Waals surface area contributed by atoms with Gasteiger partial charge in [-0.3, -0.25) is 0 Å². The van der Waals surface area contributed by atoms with Crippen molar-refractivity contribution in [3.63, 3.8) is 0 Å². The molecule has 0 amide bonds. The van der Waals surface area contributed by atoms with Gasteiger partial charge in [0.15, 0.2) is 0 Å². The highest BCUT2D eigenvalue weighted by atomic mass is 19.4. The summed E-state index contributed by atoms with van der Waals surface area (Å²) in [5, 5.41) is 0. The molecule has 0 aliphatic carbocycles. The molecule has 1 aromatic rings. The van der Waals surface area contributed by atoms with E-state index in [4.69, 9.17) is 0 Å².